The molecule has 0 unspecified atom stereocenters. The fourth-order valence-electron chi connectivity index (χ4n) is 2.73. The Bertz CT molecular complexity index is 248. The van der Waals surface area contributed by atoms with E-state index in [1.165, 1.54) is 0 Å². The zero-order chi connectivity index (χ0) is 13.6. The molecule has 0 aromatic carbocycles. The maximum atomic E-state index is 12.6. The number of hydrogen-bond acceptors (Lipinski definition) is 3. The molecular weight excluding hydrogens is 228 g/mol. The van der Waals surface area contributed by atoms with Crippen LogP contribution in [0.5, 0.6) is 0 Å². The van der Waals surface area contributed by atoms with Crippen molar-refractivity contribution >= 4 is 5.91 Å². The van der Waals surface area contributed by atoms with Crippen molar-refractivity contribution in [2.45, 2.75) is 52.6 Å². The Kier molecular flexibility index (Phi) is 6.09. The first-order chi connectivity index (χ1) is 8.63. The van der Waals surface area contributed by atoms with Crippen LogP contribution in [0, 0.1) is 5.41 Å². The summed E-state index contributed by atoms with van der Waals surface area (Å²) in [4.78, 5) is 14.6. The summed E-state index contributed by atoms with van der Waals surface area (Å²) in [6.07, 6.45) is 3.88. The van der Waals surface area contributed by atoms with Crippen LogP contribution in [-0.2, 0) is 9.53 Å². The second-order valence-electron chi connectivity index (χ2n) is 5.14. The maximum Gasteiger partial charge on any atom is 0.230 e. The molecule has 0 atom stereocenters. The topological polar surface area (TPSA) is 55.6 Å². The van der Waals surface area contributed by atoms with Gasteiger partial charge in [-0.3, -0.25) is 4.79 Å². The Morgan fingerprint density at radius 3 is 2.22 bits per heavy atom. The number of nitrogens with two attached hydrogens (primary N) is 1. The Morgan fingerprint density at radius 1 is 1.28 bits per heavy atom. The largest absolute Gasteiger partial charge is 0.378 e. The molecule has 0 aromatic rings. The van der Waals surface area contributed by atoms with Crippen molar-refractivity contribution in [1.82, 2.24) is 4.90 Å². The smallest absolute Gasteiger partial charge is 0.230 e. The Morgan fingerprint density at radius 2 is 1.83 bits per heavy atom. The molecule has 0 bridgehead atoms. The van der Waals surface area contributed by atoms with Crippen LogP contribution in [0.4, 0.5) is 0 Å². The van der Waals surface area contributed by atoms with E-state index in [0.717, 1.165) is 45.4 Å². The van der Waals surface area contributed by atoms with E-state index in [-0.39, 0.29) is 11.3 Å². The SMILES string of the molecule is CCOC1CCN(C(=O)C(CC)(CC)CN)CC1. The summed E-state index contributed by atoms with van der Waals surface area (Å²) in [6, 6.07) is 0. The molecule has 4 nitrogen and oxygen atoms in total. The van der Waals surface area contributed by atoms with E-state index in [9.17, 15) is 4.79 Å². The number of carbonyl (C=O) groups excluding carboxylic acids is 1. The Balaban J connectivity index is 2.58. The number of piperidine rings is 1. The predicted molar refractivity (Wildman–Crippen MR) is 73.3 cm³/mol. The van der Waals surface area contributed by atoms with Crippen LogP contribution in [0.1, 0.15) is 46.5 Å². The van der Waals surface area contributed by atoms with Crippen LogP contribution in [0.25, 0.3) is 0 Å². The number of likely N-dealkylation sites (tertiary alicyclic amines) is 1. The lowest BCUT2D eigenvalue weighted by Gasteiger charge is -2.39. The number of carbonyl (C=O) groups is 1. The molecule has 4 heteroatoms. The van der Waals surface area contributed by atoms with Crippen molar-refractivity contribution in [3.63, 3.8) is 0 Å². The van der Waals surface area contributed by atoms with Crippen molar-refractivity contribution in [3.05, 3.63) is 0 Å². The number of hydrogen-bond donors (Lipinski definition) is 1. The summed E-state index contributed by atoms with van der Waals surface area (Å²) in [5.74, 6) is 0.241. The van der Waals surface area contributed by atoms with Crippen LogP contribution in [0.3, 0.4) is 0 Å². The van der Waals surface area contributed by atoms with Crippen molar-refractivity contribution < 1.29 is 9.53 Å². The molecule has 1 aliphatic heterocycles. The van der Waals surface area contributed by atoms with Gasteiger partial charge < -0.3 is 15.4 Å². The summed E-state index contributed by atoms with van der Waals surface area (Å²) >= 11 is 0. The minimum absolute atomic E-state index is 0.241. The molecule has 0 aromatic heterocycles. The monoisotopic (exact) mass is 256 g/mol. The highest BCUT2D eigenvalue weighted by Gasteiger charge is 2.38. The van der Waals surface area contributed by atoms with E-state index >= 15 is 0 Å². The molecule has 1 aliphatic rings. The van der Waals surface area contributed by atoms with Crippen LogP contribution >= 0.6 is 0 Å². The van der Waals surface area contributed by atoms with Crippen molar-refractivity contribution in [2.24, 2.45) is 11.1 Å². The third kappa shape index (κ3) is 3.23. The molecule has 1 fully saturated rings. The number of nitrogens with zero attached hydrogens (tertiary/aromatic N) is 1. The predicted octanol–water partition coefficient (Wildman–Crippen LogP) is 1.78. The van der Waals surface area contributed by atoms with Crippen LogP contribution < -0.4 is 5.73 Å². The van der Waals surface area contributed by atoms with E-state index in [4.69, 9.17) is 10.5 Å². The van der Waals surface area contributed by atoms with Gasteiger partial charge in [0.1, 0.15) is 0 Å². The fraction of sp³-hybridized carbons (Fsp3) is 0.929. The molecule has 0 radical (unpaired) electrons. The molecule has 0 spiro atoms. The molecule has 0 aliphatic carbocycles. The normalized spacial score (nSPS) is 18.1. The molecule has 1 saturated heterocycles. The van der Waals surface area contributed by atoms with Crippen LogP contribution in [0.2, 0.25) is 0 Å². The van der Waals surface area contributed by atoms with Gasteiger partial charge >= 0.3 is 0 Å². The van der Waals surface area contributed by atoms with Gasteiger partial charge in [-0.1, -0.05) is 13.8 Å². The lowest BCUT2D eigenvalue weighted by atomic mass is 9.80. The number of ether oxygens (including phenoxy) is 1. The van der Waals surface area contributed by atoms with E-state index in [1.54, 1.807) is 0 Å². The second-order valence-corrected chi connectivity index (χ2v) is 5.14. The lowest BCUT2D eigenvalue weighted by molar-refractivity contribution is -0.144. The van der Waals surface area contributed by atoms with Crippen molar-refractivity contribution in [3.8, 4) is 0 Å². The quantitative estimate of drug-likeness (QED) is 0.788. The standard InChI is InChI=1S/C14H28N2O2/c1-4-14(5-2,11-15)13(17)16-9-7-12(8-10-16)18-6-3/h12H,4-11,15H2,1-3H3. The zero-order valence-electron chi connectivity index (χ0n) is 12.1. The number of rotatable bonds is 6. The van der Waals surface area contributed by atoms with Gasteiger partial charge in [0.25, 0.3) is 0 Å². The molecule has 0 saturated carbocycles. The molecule has 2 N–H and O–H groups in total. The molecule has 1 heterocycles. The van der Waals surface area contributed by atoms with E-state index < -0.39 is 0 Å². The Hall–Kier alpha value is -0.610. The summed E-state index contributed by atoms with van der Waals surface area (Å²) < 4.78 is 5.61. The highest BCUT2D eigenvalue weighted by molar-refractivity contribution is 5.83. The van der Waals surface area contributed by atoms with Gasteiger partial charge in [0.15, 0.2) is 0 Å². The highest BCUT2D eigenvalue weighted by Crippen LogP contribution is 2.29. The first-order valence-electron chi connectivity index (χ1n) is 7.24. The van der Waals surface area contributed by atoms with Gasteiger partial charge in [-0.15, -0.1) is 0 Å². The zero-order valence-corrected chi connectivity index (χ0v) is 12.1. The minimum Gasteiger partial charge on any atom is -0.378 e. The van der Waals surface area contributed by atoms with Gasteiger partial charge in [0.2, 0.25) is 5.91 Å². The first-order valence-corrected chi connectivity index (χ1v) is 7.24. The van der Waals surface area contributed by atoms with Crippen LogP contribution in [-0.4, -0.2) is 43.2 Å². The highest BCUT2D eigenvalue weighted by atomic mass is 16.5. The number of amides is 1. The van der Waals surface area contributed by atoms with Crippen molar-refractivity contribution in [2.75, 3.05) is 26.2 Å². The molecule has 18 heavy (non-hydrogen) atoms. The Labute approximate surface area is 111 Å². The molecular formula is C14H28N2O2. The van der Waals surface area contributed by atoms with Crippen molar-refractivity contribution in [1.29, 1.82) is 0 Å². The van der Waals surface area contributed by atoms with Gasteiger partial charge in [0.05, 0.1) is 11.5 Å². The van der Waals surface area contributed by atoms with Gasteiger partial charge in [0, 0.05) is 26.2 Å². The van der Waals surface area contributed by atoms with Gasteiger partial charge in [-0.05, 0) is 32.6 Å². The molecule has 106 valence electrons. The second kappa shape index (κ2) is 7.10. The molecule has 1 amide bonds. The third-order valence-corrected chi connectivity index (χ3v) is 4.33. The minimum atomic E-state index is -0.349. The fourth-order valence-corrected chi connectivity index (χ4v) is 2.73. The van der Waals surface area contributed by atoms with E-state index in [0.29, 0.717) is 12.6 Å². The summed E-state index contributed by atoms with van der Waals surface area (Å²) in [6.45, 7) is 8.96. The van der Waals surface area contributed by atoms with Gasteiger partial charge in [-0.25, -0.2) is 0 Å². The average Bonchev–Trinajstić information content (AvgIpc) is 2.42. The maximum absolute atomic E-state index is 12.6. The summed E-state index contributed by atoms with van der Waals surface area (Å²) in [7, 11) is 0. The average molecular weight is 256 g/mol. The molecule has 1 rings (SSSR count). The summed E-state index contributed by atoms with van der Waals surface area (Å²) in [5.41, 5.74) is 5.49. The van der Waals surface area contributed by atoms with Gasteiger partial charge in [-0.2, -0.15) is 0 Å². The lowest BCUT2D eigenvalue weighted by Crippen LogP contribution is -2.50. The third-order valence-electron chi connectivity index (χ3n) is 4.33. The van der Waals surface area contributed by atoms with Crippen LogP contribution in [0.15, 0.2) is 0 Å². The van der Waals surface area contributed by atoms with E-state index in [2.05, 4.69) is 13.8 Å². The summed E-state index contributed by atoms with van der Waals surface area (Å²) in [5, 5.41) is 0. The first kappa shape index (κ1) is 15.4. The van der Waals surface area contributed by atoms with E-state index in [1.807, 2.05) is 11.8 Å².